The van der Waals surface area contributed by atoms with E-state index in [0.717, 1.165) is 0 Å². The van der Waals surface area contributed by atoms with Crippen LogP contribution in [0.1, 0.15) is 69.3 Å². The molecule has 3 heteroatoms. The van der Waals surface area contributed by atoms with E-state index >= 15 is 0 Å². The van der Waals surface area contributed by atoms with E-state index < -0.39 is 8.56 Å². The van der Waals surface area contributed by atoms with Crippen molar-refractivity contribution in [2.24, 2.45) is 0 Å². The molecule has 2 aromatic rings. The van der Waals surface area contributed by atoms with Gasteiger partial charge in [-0.1, -0.05) is 102 Å². The lowest BCUT2D eigenvalue weighted by Crippen LogP contribution is -2.50. The zero-order valence-electron chi connectivity index (χ0n) is 20.2. The van der Waals surface area contributed by atoms with Gasteiger partial charge in [-0.3, -0.25) is 0 Å². The van der Waals surface area contributed by atoms with E-state index in [2.05, 4.69) is 102 Å². The van der Waals surface area contributed by atoms with Crippen molar-refractivity contribution in [1.82, 2.24) is 0 Å². The Morgan fingerprint density at radius 2 is 1.10 bits per heavy atom. The molecule has 0 saturated heterocycles. The highest BCUT2D eigenvalue weighted by atomic mass is 28.4. The minimum absolute atomic E-state index is 0.0858. The number of hydrogen-bond acceptors (Lipinski definition) is 2. The van der Waals surface area contributed by atoms with Crippen LogP contribution in [0.15, 0.2) is 60.7 Å². The number of fused-ring (bicyclic) bond motifs is 3. The molecule has 31 heavy (non-hydrogen) atoms. The van der Waals surface area contributed by atoms with Gasteiger partial charge >= 0.3 is 8.56 Å². The summed E-state index contributed by atoms with van der Waals surface area (Å²) in [6.45, 7) is 13.7. The molecule has 0 unspecified atom stereocenters. The van der Waals surface area contributed by atoms with Crippen molar-refractivity contribution in [3.05, 3.63) is 83.0 Å². The third-order valence-corrected chi connectivity index (χ3v) is 11.0. The van der Waals surface area contributed by atoms with Crippen LogP contribution in [0.25, 0.3) is 11.1 Å². The molecule has 0 fully saturated rings. The summed E-state index contributed by atoms with van der Waals surface area (Å²) in [7, 11) is 0.966. The summed E-state index contributed by atoms with van der Waals surface area (Å²) in [4.78, 5) is 0. The number of allylic oxidation sites excluding steroid dienone is 4. The molecule has 0 saturated carbocycles. The van der Waals surface area contributed by atoms with Gasteiger partial charge in [-0.2, -0.15) is 0 Å². The molecule has 2 aliphatic carbocycles. The first-order valence-corrected chi connectivity index (χ1v) is 13.2. The third kappa shape index (κ3) is 3.57. The van der Waals surface area contributed by atoms with Gasteiger partial charge in [0.15, 0.2) is 0 Å². The van der Waals surface area contributed by atoms with Crippen LogP contribution in [0.2, 0.25) is 5.54 Å². The Morgan fingerprint density at radius 3 is 1.45 bits per heavy atom. The predicted molar refractivity (Wildman–Crippen MR) is 133 cm³/mol. The number of rotatable bonds is 4. The molecule has 0 aliphatic heterocycles. The first-order valence-electron chi connectivity index (χ1n) is 11.3. The second-order valence-electron chi connectivity index (χ2n) is 11.0. The van der Waals surface area contributed by atoms with Gasteiger partial charge in [0.1, 0.15) is 0 Å². The molecule has 0 heterocycles. The first kappa shape index (κ1) is 22.3. The molecule has 0 amide bonds. The zero-order chi connectivity index (χ0) is 22.6. The Kier molecular flexibility index (Phi) is 5.44. The standard InChI is InChI=1S/C28H36O2Si/c1-27(2,3)19-13-15-22-23-16-14-20(28(4,5)6)18-25(23)26(24(22)17-19)31(29-7,30-8)21-11-9-10-12-21/h9-18,21,26H,1-8H3. The summed E-state index contributed by atoms with van der Waals surface area (Å²) in [5.74, 6) is 0. The molecule has 2 nitrogen and oxygen atoms in total. The lowest BCUT2D eigenvalue weighted by atomic mass is 9.85. The van der Waals surface area contributed by atoms with Gasteiger partial charge in [0.05, 0.1) is 5.54 Å². The van der Waals surface area contributed by atoms with Crippen molar-refractivity contribution in [2.75, 3.05) is 14.2 Å². The first-order chi connectivity index (χ1) is 14.5. The Labute approximate surface area is 189 Å². The smallest absolute Gasteiger partial charge is 0.360 e. The van der Waals surface area contributed by atoms with Gasteiger partial charge in [0, 0.05) is 19.8 Å². The van der Waals surface area contributed by atoms with Crippen molar-refractivity contribution in [1.29, 1.82) is 0 Å². The quantitative estimate of drug-likeness (QED) is 0.477. The molecular formula is C28H36O2Si. The van der Waals surface area contributed by atoms with Crippen molar-refractivity contribution in [3.63, 3.8) is 0 Å². The van der Waals surface area contributed by atoms with Crippen LogP contribution in [0, 0.1) is 0 Å². The van der Waals surface area contributed by atoms with Gasteiger partial charge in [-0.25, -0.2) is 0 Å². The fourth-order valence-electron chi connectivity index (χ4n) is 5.11. The molecule has 2 aliphatic rings. The molecule has 0 radical (unpaired) electrons. The third-order valence-electron chi connectivity index (χ3n) is 7.00. The van der Waals surface area contributed by atoms with Gasteiger partial charge in [0.2, 0.25) is 0 Å². The molecule has 0 N–H and O–H groups in total. The Balaban J connectivity index is 2.01. The van der Waals surface area contributed by atoms with E-state index in [1.165, 1.54) is 33.4 Å². The predicted octanol–water partition coefficient (Wildman–Crippen LogP) is 7.16. The zero-order valence-corrected chi connectivity index (χ0v) is 21.2. The van der Waals surface area contributed by atoms with Crippen LogP contribution in [0.3, 0.4) is 0 Å². The molecule has 4 rings (SSSR count). The largest absolute Gasteiger partial charge is 0.397 e. The van der Waals surface area contributed by atoms with Crippen molar-refractivity contribution < 1.29 is 8.85 Å². The molecular weight excluding hydrogens is 396 g/mol. The maximum absolute atomic E-state index is 6.43. The Bertz CT molecular complexity index is 970. The second kappa shape index (κ2) is 7.58. The molecule has 0 bridgehead atoms. The minimum atomic E-state index is -2.72. The van der Waals surface area contributed by atoms with E-state index in [9.17, 15) is 0 Å². The highest BCUT2D eigenvalue weighted by molar-refractivity contribution is 6.72. The van der Waals surface area contributed by atoms with Crippen molar-refractivity contribution in [3.8, 4) is 11.1 Å². The SMILES string of the molecule is CO[Si](OC)(C1C=CC=C1)C1c2cc(C(C)(C)C)ccc2-c2ccc(C(C)(C)C)cc21. The van der Waals surface area contributed by atoms with Crippen molar-refractivity contribution in [2.45, 2.75) is 63.5 Å². The maximum atomic E-state index is 6.43. The Hall–Kier alpha value is -1.94. The average Bonchev–Trinajstić information content (AvgIpc) is 3.35. The number of hydrogen-bond donors (Lipinski definition) is 0. The summed E-state index contributed by atoms with van der Waals surface area (Å²) in [5, 5.41) is 0. The molecule has 0 spiro atoms. The topological polar surface area (TPSA) is 18.5 Å². The van der Waals surface area contributed by atoms with Crippen LogP contribution >= 0.6 is 0 Å². The molecule has 0 atom stereocenters. The van der Waals surface area contributed by atoms with Crippen LogP contribution in [-0.2, 0) is 19.7 Å². The fourth-order valence-corrected chi connectivity index (χ4v) is 8.78. The minimum Gasteiger partial charge on any atom is -0.397 e. The van der Waals surface area contributed by atoms with Gasteiger partial charge in [0.25, 0.3) is 0 Å². The summed E-state index contributed by atoms with van der Waals surface area (Å²) in [6, 6.07) is 14.0. The summed E-state index contributed by atoms with van der Waals surface area (Å²) in [5.41, 5.74) is 8.55. The molecule has 164 valence electrons. The monoisotopic (exact) mass is 432 g/mol. The van der Waals surface area contributed by atoms with Gasteiger partial charge < -0.3 is 8.85 Å². The average molecular weight is 433 g/mol. The van der Waals surface area contributed by atoms with E-state index in [-0.39, 0.29) is 21.9 Å². The second-order valence-corrected chi connectivity index (χ2v) is 14.5. The van der Waals surface area contributed by atoms with Gasteiger partial charge in [-0.05, 0) is 44.2 Å². The lowest BCUT2D eigenvalue weighted by molar-refractivity contribution is 0.232. The van der Waals surface area contributed by atoms with E-state index in [0.29, 0.717) is 0 Å². The van der Waals surface area contributed by atoms with E-state index in [1.54, 1.807) is 0 Å². The van der Waals surface area contributed by atoms with Gasteiger partial charge in [-0.15, -0.1) is 0 Å². The van der Waals surface area contributed by atoms with Crippen LogP contribution in [0.5, 0.6) is 0 Å². The molecule has 0 aromatic heterocycles. The van der Waals surface area contributed by atoms with Crippen LogP contribution in [0.4, 0.5) is 0 Å². The highest BCUT2D eigenvalue weighted by Crippen LogP contribution is 2.54. The fraction of sp³-hybridized carbons (Fsp3) is 0.429. The summed E-state index contributed by atoms with van der Waals surface area (Å²) in [6.07, 6.45) is 8.74. The normalized spacial score (nSPS) is 16.8. The van der Waals surface area contributed by atoms with E-state index in [1.807, 2.05) is 14.2 Å². The van der Waals surface area contributed by atoms with Crippen LogP contribution in [-0.4, -0.2) is 22.8 Å². The van der Waals surface area contributed by atoms with Crippen LogP contribution < -0.4 is 0 Å². The van der Waals surface area contributed by atoms with Crippen molar-refractivity contribution >= 4 is 8.56 Å². The Morgan fingerprint density at radius 1 is 0.677 bits per heavy atom. The summed E-state index contributed by atoms with van der Waals surface area (Å²) < 4.78 is 12.9. The highest BCUT2D eigenvalue weighted by Gasteiger charge is 2.55. The lowest BCUT2D eigenvalue weighted by Gasteiger charge is -2.38. The number of benzene rings is 2. The summed E-state index contributed by atoms with van der Waals surface area (Å²) >= 11 is 0. The maximum Gasteiger partial charge on any atom is 0.360 e. The molecule has 2 aromatic carbocycles. The van der Waals surface area contributed by atoms with E-state index in [4.69, 9.17) is 8.85 Å².